The third-order valence-electron chi connectivity index (χ3n) is 3.26. The maximum absolute atomic E-state index is 6.35. The van der Waals surface area contributed by atoms with Gasteiger partial charge in [0.1, 0.15) is 0 Å². The van der Waals surface area contributed by atoms with Gasteiger partial charge in [-0.05, 0) is 33.2 Å². The zero-order valence-electron chi connectivity index (χ0n) is 12.4. The Kier molecular flexibility index (Phi) is 4.80. The van der Waals surface area contributed by atoms with E-state index in [1.54, 1.807) is 0 Å². The molecule has 0 spiro atoms. The summed E-state index contributed by atoms with van der Waals surface area (Å²) in [6.45, 7) is 16.6. The van der Waals surface area contributed by atoms with Gasteiger partial charge in [-0.25, -0.2) is 0 Å². The Morgan fingerprint density at radius 3 is 1.53 bits per heavy atom. The maximum Gasteiger partial charge on any atom is 0.352 e. The lowest BCUT2D eigenvalue weighted by molar-refractivity contribution is -0.0537. The van der Waals surface area contributed by atoms with Crippen LogP contribution in [0.2, 0.25) is 10.6 Å². The van der Waals surface area contributed by atoms with Gasteiger partial charge in [0.25, 0.3) is 0 Å². The van der Waals surface area contributed by atoms with Crippen molar-refractivity contribution in [1.29, 1.82) is 0 Å². The van der Waals surface area contributed by atoms with Crippen LogP contribution in [-0.4, -0.2) is 34.0 Å². The number of rotatable bonds is 6. The predicted octanol–water partition coefficient (Wildman–Crippen LogP) is 3.48. The lowest BCUT2D eigenvalue weighted by atomic mass is 10.1. The van der Waals surface area contributed by atoms with Crippen LogP contribution in [0.15, 0.2) is 0 Å². The summed E-state index contributed by atoms with van der Waals surface area (Å²) < 4.78 is 18.1. The molecule has 0 bridgehead atoms. The standard InChI is InChI=1S/C13H28O3Si/c1-10(2)15-17(12(5)6,16-11(3)4)13(7)8-14-9-13/h10-12H,8-9H2,1-7H3. The van der Waals surface area contributed by atoms with Crippen molar-refractivity contribution in [1.82, 2.24) is 0 Å². The van der Waals surface area contributed by atoms with Gasteiger partial charge in [-0.1, -0.05) is 20.8 Å². The zero-order chi connectivity index (χ0) is 13.3. The average Bonchev–Trinajstić information content (AvgIpc) is 2.10. The second-order valence-corrected chi connectivity index (χ2v) is 10.4. The molecule has 0 amide bonds. The monoisotopic (exact) mass is 260 g/mol. The maximum atomic E-state index is 6.35. The zero-order valence-corrected chi connectivity index (χ0v) is 13.4. The van der Waals surface area contributed by atoms with E-state index in [0.29, 0.717) is 5.54 Å². The van der Waals surface area contributed by atoms with E-state index < -0.39 is 8.56 Å². The molecule has 0 atom stereocenters. The Hall–Kier alpha value is 0.0969. The van der Waals surface area contributed by atoms with E-state index in [1.807, 2.05) is 0 Å². The quantitative estimate of drug-likeness (QED) is 0.684. The summed E-state index contributed by atoms with van der Waals surface area (Å²) in [6, 6.07) is 0. The second-order valence-electron chi connectivity index (χ2n) is 6.21. The van der Waals surface area contributed by atoms with Gasteiger partial charge in [0.05, 0.1) is 18.3 Å². The third kappa shape index (κ3) is 2.92. The molecule has 102 valence electrons. The fourth-order valence-corrected chi connectivity index (χ4v) is 7.16. The fourth-order valence-electron chi connectivity index (χ4n) is 2.59. The van der Waals surface area contributed by atoms with Crippen molar-refractivity contribution < 1.29 is 13.6 Å². The van der Waals surface area contributed by atoms with Crippen LogP contribution >= 0.6 is 0 Å². The normalized spacial score (nSPS) is 20.1. The van der Waals surface area contributed by atoms with Crippen LogP contribution in [0.3, 0.4) is 0 Å². The number of ether oxygens (including phenoxy) is 1. The van der Waals surface area contributed by atoms with Crippen molar-refractivity contribution >= 4 is 8.56 Å². The minimum Gasteiger partial charge on any atom is -0.391 e. The third-order valence-corrected chi connectivity index (χ3v) is 8.40. The average molecular weight is 260 g/mol. The smallest absolute Gasteiger partial charge is 0.352 e. The molecule has 0 N–H and O–H groups in total. The molecule has 0 saturated carbocycles. The van der Waals surface area contributed by atoms with E-state index in [-0.39, 0.29) is 17.2 Å². The first kappa shape index (κ1) is 15.2. The molecule has 0 radical (unpaired) electrons. The Labute approximate surface area is 107 Å². The molecule has 4 heteroatoms. The van der Waals surface area contributed by atoms with Crippen molar-refractivity contribution in [3.8, 4) is 0 Å². The molecular weight excluding hydrogens is 232 g/mol. The van der Waals surface area contributed by atoms with Crippen molar-refractivity contribution in [3.05, 3.63) is 0 Å². The largest absolute Gasteiger partial charge is 0.391 e. The van der Waals surface area contributed by atoms with E-state index >= 15 is 0 Å². The van der Waals surface area contributed by atoms with E-state index in [2.05, 4.69) is 48.5 Å². The van der Waals surface area contributed by atoms with Gasteiger partial charge < -0.3 is 13.6 Å². The molecule has 1 aliphatic heterocycles. The van der Waals surface area contributed by atoms with Crippen molar-refractivity contribution in [3.63, 3.8) is 0 Å². The molecule has 0 aromatic rings. The van der Waals surface area contributed by atoms with E-state index in [1.165, 1.54) is 0 Å². The molecule has 1 saturated heterocycles. The fraction of sp³-hybridized carbons (Fsp3) is 1.00. The minimum atomic E-state index is -2.26. The molecule has 1 fully saturated rings. The van der Waals surface area contributed by atoms with Crippen LogP contribution in [0, 0.1) is 0 Å². The molecule has 3 nitrogen and oxygen atoms in total. The van der Waals surface area contributed by atoms with Crippen molar-refractivity contribution in [2.24, 2.45) is 0 Å². The summed E-state index contributed by atoms with van der Waals surface area (Å²) in [5, 5.41) is 0.0930. The molecule has 1 aliphatic rings. The molecule has 0 unspecified atom stereocenters. The van der Waals surface area contributed by atoms with E-state index in [9.17, 15) is 0 Å². The van der Waals surface area contributed by atoms with Gasteiger partial charge in [0.15, 0.2) is 0 Å². The number of hydrogen-bond donors (Lipinski definition) is 0. The minimum absolute atomic E-state index is 0.0930. The highest BCUT2D eigenvalue weighted by molar-refractivity contribution is 6.72. The Morgan fingerprint density at radius 1 is 0.941 bits per heavy atom. The summed E-state index contributed by atoms with van der Waals surface area (Å²) in [5.74, 6) is 0. The summed E-state index contributed by atoms with van der Waals surface area (Å²) in [7, 11) is -2.26. The Balaban J connectivity index is 3.01. The lowest BCUT2D eigenvalue weighted by Crippen LogP contribution is -2.64. The molecule has 1 heterocycles. The van der Waals surface area contributed by atoms with E-state index in [0.717, 1.165) is 13.2 Å². The predicted molar refractivity (Wildman–Crippen MR) is 72.5 cm³/mol. The van der Waals surface area contributed by atoms with Crippen LogP contribution in [-0.2, 0) is 13.6 Å². The SMILES string of the molecule is CC(C)O[Si](OC(C)C)(C(C)C)C1(C)COC1. The highest BCUT2D eigenvalue weighted by atomic mass is 28.4. The molecule has 0 aliphatic carbocycles. The van der Waals surface area contributed by atoms with Gasteiger partial charge in [-0.15, -0.1) is 0 Å². The van der Waals surface area contributed by atoms with Crippen LogP contribution in [0.25, 0.3) is 0 Å². The van der Waals surface area contributed by atoms with Gasteiger partial charge >= 0.3 is 8.56 Å². The van der Waals surface area contributed by atoms with Gasteiger partial charge in [0, 0.05) is 12.2 Å². The second kappa shape index (κ2) is 5.39. The van der Waals surface area contributed by atoms with Crippen LogP contribution in [0.5, 0.6) is 0 Å². The molecule has 1 rings (SSSR count). The molecule has 17 heavy (non-hydrogen) atoms. The first-order valence-corrected chi connectivity index (χ1v) is 8.56. The van der Waals surface area contributed by atoms with Gasteiger partial charge in [-0.3, -0.25) is 0 Å². The summed E-state index contributed by atoms with van der Waals surface area (Å²) >= 11 is 0. The van der Waals surface area contributed by atoms with Crippen molar-refractivity contribution in [2.45, 2.75) is 71.3 Å². The first-order chi connectivity index (χ1) is 7.73. The van der Waals surface area contributed by atoms with E-state index in [4.69, 9.17) is 13.6 Å². The molecule has 0 aromatic carbocycles. The highest BCUT2D eigenvalue weighted by Crippen LogP contribution is 2.51. The first-order valence-electron chi connectivity index (χ1n) is 6.67. The van der Waals surface area contributed by atoms with Crippen LogP contribution < -0.4 is 0 Å². The number of hydrogen-bond acceptors (Lipinski definition) is 3. The Bertz CT molecular complexity index is 237. The van der Waals surface area contributed by atoms with Gasteiger partial charge in [0.2, 0.25) is 0 Å². The topological polar surface area (TPSA) is 27.7 Å². The molecular formula is C13H28O3Si. The lowest BCUT2D eigenvalue weighted by Gasteiger charge is -2.53. The van der Waals surface area contributed by atoms with Crippen molar-refractivity contribution in [2.75, 3.05) is 13.2 Å². The summed E-state index contributed by atoms with van der Waals surface area (Å²) in [5.41, 5.74) is 0.432. The van der Waals surface area contributed by atoms with Crippen LogP contribution in [0.4, 0.5) is 0 Å². The molecule has 0 aromatic heterocycles. The Morgan fingerprint density at radius 2 is 1.35 bits per heavy atom. The van der Waals surface area contributed by atoms with Crippen LogP contribution in [0.1, 0.15) is 48.5 Å². The summed E-state index contributed by atoms with van der Waals surface area (Å²) in [6.07, 6.45) is 0.417. The highest BCUT2D eigenvalue weighted by Gasteiger charge is 2.61. The van der Waals surface area contributed by atoms with Gasteiger partial charge in [-0.2, -0.15) is 0 Å². The summed E-state index contributed by atoms with van der Waals surface area (Å²) in [4.78, 5) is 0.